The monoisotopic (exact) mass is 448 g/mol. The SMILES string of the molecule is Cc1cccc(N(C)S(=O)(=O)c2cc(Br)cc3c2N(C(=O)C2CC2)CC3)c1. The first kappa shape index (κ1) is 18.5. The molecular weight excluding hydrogens is 428 g/mol. The van der Waals surface area contributed by atoms with E-state index in [9.17, 15) is 13.2 Å². The fraction of sp³-hybridized carbons (Fsp3) is 0.350. The molecule has 1 heterocycles. The maximum absolute atomic E-state index is 13.5. The molecule has 2 aromatic rings. The fourth-order valence-electron chi connectivity index (χ4n) is 3.55. The number of carbonyl (C=O) groups excluding carboxylic acids is 1. The molecular formula is C20H21BrN2O3S. The molecule has 2 aliphatic rings. The lowest BCUT2D eigenvalue weighted by molar-refractivity contribution is -0.119. The predicted molar refractivity (Wildman–Crippen MR) is 110 cm³/mol. The van der Waals surface area contributed by atoms with Crippen molar-refractivity contribution in [2.75, 3.05) is 22.8 Å². The highest BCUT2D eigenvalue weighted by atomic mass is 79.9. The van der Waals surface area contributed by atoms with Crippen molar-refractivity contribution in [3.05, 3.63) is 52.0 Å². The summed E-state index contributed by atoms with van der Waals surface area (Å²) in [7, 11) is -2.26. The Morgan fingerprint density at radius 3 is 2.63 bits per heavy atom. The van der Waals surface area contributed by atoms with Crippen LogP contribution in [0.25, 0.3) is 0 Å². The average Bonchev–Trinajstić information content (AvgIpc) is 3.39. The summed E-state index contributed by atoms with van der Waals surface area (Å²) in [6.45, 7) is 2.47. The van der Waals surface area contributed by atoms with Crippen molar-refractivity contribution in [3.63, 3.8) is 0 Å². The standard InChI is InChI=1S/C20H21BrN2O3S/c1-13-4-3-5-17(10-13)22(2)27(25,26)18-12-16(21)11-15-8-9-23(19(15)18)20(24)14-6-7-14/h3-5,10-12,14H,6-9H2,1-2H3. The number of hydrogen-bond acceptors (Lipinski definition) is 3. The van der Waals surface area contributed by atoms with Crippen LogP contribution >= 0.6 is 15.9 Å². The molecule has 0 saturated heterocycles. The summed E-state index contributed by atoms with van der Waals surface area (Å²) >= 11 is 3.44. The average molecular weight is 449 g/mol. The molecule has 1 fully saturated rings. The van der Waals surface area contributed by atoms with Crippen LogP contribution in [0.4, 0.5) is 11.4 Å². The molecule has 0 unspecified atom stereocenters. The smallest absolute Gasteiger partial charge is 0.266 e. The van der Waals surface area contributed by atoms with E-state index in [1.165, 1.54) is 4.31 Å². The van der Waals surface area contributed by atoms with Crippen LogP contribution in [-0.4, -0.2) is 27.9 Å². The van der Waals surface area contributed by atoms with Gasteiger partial charge in [-0.25, -0.2) is 8.42 Å². The van der Waals surface area contributed by atoms with E-state index in [4.69, 9.17) is 0 Å². The number of fused-ring (bicyclic) bond motifs is 1. The molecule has 1 saturated carbocycles. The minimum absolute atomic E-state index is 0.0460. The Kier molecular flexibility index (Phi) is 4.55. The van der Waals surface area contributed by atoms with Crippen LogP contribution in [0.3, 0.4) is 0 Å². The van der Waals surface area contributed by atoms with Crippen molar-refractivity contribution in [1.29, 1.82) is 0 Å². The molecule has 4 rings (SSSR count). The quantitative estimate of drug-likeness (QED) is 0.712. The molecule has 0 atom stereocenters. The second-order valence-electron chi connectivity index (χ2n) is 7.24. The van der Waals surface area contributed by atoms with E-state index in [1.807, 2.05) is 31.2 Å². The summed E-state index contributed by atoms with van der Waals surface area (Å²) in [5.41, 5.74) is 3.03. The van der Waals surface area contributed by atoms with Crippen LogP contribution < -0.4 is 9.21 Å². The largest absolute Gasteiger partial charge is 0.310 e. The van der Waals surface area contributed by atoms with Gasteiger partial charge in [0.15, 0.2) is 0 Å². The molecule has 2 aromatic carbocycles. The number of hydrogen-bond donors (Lipinski definition) is 0. The number of amides is 1. The number of carbonyl (C=O) groups is 1. The number of anilines is 2. The van der Waals surface area contributed by atoms with Gasteiger partial charge < -0.3 is 4.90 Å². The Morgan fingerprint density at radius 2 is 1.96 bits per heavy atom. The summed E-state index contributed by atoms with van der Waals surface area (Å²) in [5, 5.41) is 0. The van der Waals surface area contributed by atoms with Crippen LogP contribution in [0.1, 0.15) is 24.0 Å². The molecule has 142 valence electrons. The van der Waals surface area contributed by atoms with Crippen LogP contribution in [-0.2, 0) is 21.2 Å². The van der Waals surface area contributed by atoms with Gasteiger partial charge in [0.25, 0.3) is 10.0 Å². The van der Waals surface area contributed by atoms with Crippen molar-refractivity contribution in [3.8, 4) is 0 Å². The van der Waals surface area contributed by atoms with E-state index < -0.39 is 10.0 Å². The number of benzene rings is 2. The zero-order chi connectivity index (χ0) is 19.3. The minimum Gasteiger partial charge on any atom is -0.310 e. The zero-order valence-corrected chi connectivity index (χ0v) is 17.7. The third kappa shape index (κ3) is 3.27. The van der Waals surface area contributed by atoms with E-state index in [1.54, 1.807) is 24.1 Å². The molecule has 0 aromatic heterocycles. The van der Waals surface area contributed by atoms with E-state index in [2.05, 4.69) is 15.9 Å². The topological polar surface area (TPSA) is 57.7 Å². The number of nitrogens with zero attached hydrogens (tertiary/aromatic N) is 2. The molecule has 5 nitrogen and oxygen atoms in total. The first-order valence-corrected chi connectivity index (χ1v) is 11.2. The minimum atomic E-state index is -3.82. The molecule has 0 bridgehead atoms. The Balaban J connectivity index is 1.82. The lowest BCUT2D eigenvalue weighted by atomic mass is 10.2. The number of sulfonamides is 1. The summed E-state index contributed by atoms with van der Waals surface area (Å²) in [6, 6.07) is 10.9. The van der Waals surface area contributed by atoms with E-state index in [0.29, 0.717) is 28.8 Å². The first-order valence-electron chi connectivity index (χ1n) is 8.98. The highest BCUT2D eigenvalue weighted by Crippen LogP contribution is 2.42. The van der Waals surface area contributed by atoms with Gasteiger partial charge in [0, 0.05) is 24.0 Å². The van der Waals surface area contributed by atoms with Crippen LogP contribution in [0.5, 0.6) is 0 Å². The van der Waals surface area contributed by atoms with Crippen molar-refractivity contribution in [2.45, 2.75) is 31.1 Å². The first-order chi connectivity index (χ1) is 12.8. The highest BCUT2D eigenvalue weighted by molar-refractivity contribution is 9.10. The Bertz CT molecular complexity index is 1030. The second kappa shape index (κ2) is 6.63. The Hall–Kier alpha value is -1.86. The van der Waals surface area contributed by atoms with Gasteiger partial charge in [-0.1, -0.05) is 28.1 Å². The molecule has 1 aliphatic heterocycles. The van der Waals surface area contributed by atoms with Gasteiger partial charge in [-0.15, -0.1) is 0 Å². The molecule has 0 radical (unpaired) electrons. The number of halogens is 1. The maximum Gasteiger partial charge on any atom is 0.266 e. The molecule has 0 spiro atoms. The van der Waals surface area contributed by atoms with E-state index >= 15 is 0 Å². The maximum atomic E-state index is 13.5. The van der Waals surface area contributed by atoms with Gasteiger partial charge >= 0.3 is 0 Å². The molecule has 7 heteroatoms. The summed E-state index contributed by atoms with van der Waals surface area (Å²) in [6.07, 6.45) is 2.46. The van der Waals surface area contributed by atoms with Gasteiger partial charge in [0.05, 0.1) is 11.4 Å². The van der Waals surface area contributed by atoms with E-state index in [-0.39, 0.29) is 16.7 Å². The highest BCUT2D eigenvalue weighted by Gasteiger charge is 2.40. The van der Waals surface area contributed by atoms with Gasteiger partial charge in [-0.3, -0.25) is 9.10 Å². The summed E-state index contributed by atoms with van der Waals surface area (Å²) in [4.78, 5) is 14.6. The van der Waals surface area contributed by atoms with Gasteiger partial charge in [-0.05, 0) is 61.6 Å². The van der Waals surface area contributed by atoms with Gasteiger partial charge in [-0.2, -0.15) is 0 Å². The number of rotatable bonds is 4. The summed E-state index contributed by atoms with van der Waals surface area (Å²) in [5.74, 6) is 0.0929. The van der Waals surface area contributed by atoms with Crippen molar-refractivity contribution in [2.24, 2.45) is 5.92 Å². The van der Waals surface area contributed by atoms with Crippen molar-refractivity contribution >= 4 is 43.2 Å². The van der Waals surface area contributed by atoms with Crippen LogP contribution in [0, 0.1) is 12.8 Å². The third-order valence-corrected chi connectivity index (χ3v) is 7.45. The lowest BCUT2D eigenvalue weighted by Gasteiger charge is -2.25. The molecule has 1 amide bonds. The van der Waals surface area contributed by atoms with Gasteiger partial charge in [0.1, 0.15) is 4.90 Å². The Labute approximate surface area is 168 Å². The fourth-order valence-corrected chi connectivity index (χ4v) is 5.65. The van der Waals surface area contributed by atoms with Gasteiger partial charge in [0.2, 0.25) is 5.91 Å². The summed E-state index contributed by atoms with van der Waals surface area (Å²) < 4.78 is 29.0. The Morgan fingerprint density at radius 1 is 1.22 bits per heavy atom. The van der Waals surface area contributed by atoms with E-state index in [0.717, 1.165) is 24.0 Å². The van der Waals surface area contributed by atoms with Crippen molar-refractivity contribution < 1.29 is 13.2 Å². The normalized spacial score (nSPS) is 16.3. The van der Waals surface area contributed by atoms with Crippen LogP contribution in [0.15, 0.2) is 45.8 Å². The molecule has 0 N–H and O–H groups in total. The third-order valence-electron chi connectivity index (χ3n) is 5.19. The molecule has 27 heavy (non-hydrogen) atoms. The lowest BCUT2D eigenvalue weighted by Crippen LogP contribution is -2.33. The zero-order valence-electron chi connectivity index (χ0n) is 15.3. The van der Waals surface area contributed by atoms with Crippen LogP contribution in [0.2, 0.25) is 0 Å². The molecule has 1 aliphatic carbocycles. The number of aryl methyl sites for hydroxylation is 1. The predicted octanol–water partition coefficient (Wildman–Crippen LogP) is 3.88. The second-order valence-corrected chi connectivity index (χ2v) is 10.1. The van der Waals surface area contributed by atoms with Crippen molar-refractivity contribution in [1.82, 2.24) is 0 Å².